The van der Waals surface area contributed by atoms with Crippen LogP contribution in [0.25, 0.3) is 5.69 Å². The predicted molar refractivity (Wildman–Crippen MR) is 91.3 cm³/mol. The highest BCUT2D eigenvalue weighted by Gasteiger charge is 2.22. The molecule has 2 aromatic heterocycles. The third-order valence-corrected chi connectivity index (χ3v) is 6.62. The standard InChI is InChI=1S/C16H16FN3O2S2/c1-11(19-24(21,22)16-4-3-9-23-16)15-10-18-20(12(15)2)14-7-5-13(17)6-8-14/h3-11,19H,1-2H3. The Kier molecular flexibility index (Phi) is 4.53. The minimum Gasteiger partial charge on any atom is -0.238 e. The van der Waals surface area contributed by atoms with E-state index in [4.69, 9.17) is 0 Å². The van der Waals surface area contributed by atoms with Crippen molar-refractivity contribution < 1.29 is 12.8 Å². The predicted octanol–water partition coefficient (Wildman–Crippen LogP) is 3.42. The first kappa shape index (κ1) is 16.8. The van der Waals surface area contributed by atoms with Crippen LogP contribution in [0.5, 0.6) is 0 Å². The first-order valence-electron chi connectivity index (χ1n) is 7.25. The van der Waals surface area contributed by atoms with Gasteiger partial charge in [0.25, 0.3) is 10.0 Å². The van der Waals surface area contributed by atoms with Crippen molar-refractivity contribution >= 4 is 21.4 Å². The molecule has 0 bridgehead atoms. The first-order valence-corrected chi connectivity index (χ1v) is 9.61. The summed E-state index contributed by atoms with van der Waals surface area (Å²) in [5, 5.41) is 6.01. The third-order valence-electron chi connectivity index (χ3n) is 3.68. The molecule has 8 heteroatoms. The van der Waals surface area contributed by atoms with E-state index in [2.05, 4.69) is 9.82 Å². The molecule has 0 fully saturated rings. The average molecular weight is 365 g/mol. The lowest BCUT2D eigenvalue weighted by Crippen LogP contribution is -2.26. The molecular weight excluding hydrogens is 349 g/mol. The van der Waals surface area contributed by atoms with E-state index in [1.165, 1.54) is 23.5 Å². The minimum absolute atomic E-state index is 0.276. The fourth-order valence-electron chi connectivity index (χ4n) is 2.46. The molecule has 1 N–H and O–H groups in total. The van der Waals surface area contributed by atoms with Gasteiger partial charge in [-0.15, -0.1) is 11.3 Å². The summed E-state index contributed by atoms with van der Waals surface area (Å²) < 4.78 is 42.3. The zero-order valence-corrected chi connectivity index (χ0v) is 14.7. The highest BCUT2D eigenvalue weighted by molar-refractivity contribution is 7.91. The van der Waals surface area contributed by atoms with E-state index in [1.807, 2.05) is 6.92 Å². The lowest BCUT2D eigenvalue weighted by Gasteiger charge is -2.13. The number of sulfonamides is 1. The van der Waals surface area contributed by atoms with Crippen molar-refractivity contribution in [3.05, 3.63) is 65.0 Å². The zero-order chi connectivity index (χ0) is 17.3. The van der Waals surface area contributed by atoms with Crippen LogP contribution in [0.15, 0.2) is 52.2 Å². The van der Waals surface area contributed by atoms with Crippen molar-refractivity contribution in [3.63, 3.8) is 0 Å². The smallest absolute Gasteiger partial charge is 0.238 e. The van der Waals surface area contributed by atoms with E-state index < -0.39 is 16.1 Å². The second-order valence-corrected chi connectivity index (χ2v) is 8.24. The van der Waals surface area contributed by atoms with Crippen molar-refractivity contribution in [2.45, 2.75) is 24.1 Å². The van der Waals surface area contributed by atoms with Crippen molar-refractivity contribution in [2.75, 3.05) is 0 Å². The molecule has 1 atom stereocenters. The molecule has 3 aromatic rings. The first-order chi connectivity index (χ1) is 11.4. The fourth-order valence-corrected chi connectivity index (χ4v) is 4.69. The molecule has 0 amide bonds. The van der Waals surface area contributed by atoms with E-state index in [1.54, 1.807) is 47.4 Å². The molecule has 0 saturated carbocycles. The van der Waals surface area contributed by atoms with Crippen LogP contribution in [0.4, 0.5) is 4.39 Å². The van der Waals surface area contributed by atoms with E-state index in [0.29, 0.717) is 5.69 Å². The van der Waals surface area contributed by atoms with Crippen molar-refractivity contribution in [1.82, 2.24) is 14.5 Å². The van der Waals surface area contributed by atoms with Crippen molar-refractivity contribution in [1.29, 1.82) is 0 Å². The maximum absolute atomic E-state index is 13.1. The van der Waals surface area contributed by atoms with Crippen LogP contribution in [-0.4, -0.2) is 18.2 Å². The molecule has 1 aromatic carbocycles. The second kappa shape index (κ2) is 6.46. The van der Waals surface area contributed by atoms with Crippen LogP contribution in [0, 0.1) is 12.7 Å². The molecule has 24 heavy (non-hydrogen) atoms. The highest BCUT2D eigenvalue weighted by Crippen LogP contribution is 2.23. The van der Waals surface area contributed by atoms with Crippen LogP contribution < -0.4 is 4.72 Å². The van der Waals surface area contributed by atoms with Crippen molar-refractivity contribution in [3.8, 4) is 5.69 Å². The molecule has 0 aliphatic heterocycles. The molecule has 126 valence electrons. The van der Waals surface area contributed by atoms with Gasteiger partial charge >= 0.3 is 0 Å². The summed E-state index contributed by atoms with van der Waals surface area (Å²) >= 11 is 1.17. The van der Waals surface area contributed by atoms with E-state index in [-0.39, 0.29) is 10.0 Å². The van der Waals surface area contributed by atoms with E-state index in [0.717, 1.165) is 11.3 Å². The van der Waals surface area contributed by atoms with Crippen LogP contribution >= 0.6 is 11.3 Å². The van der Waals surface area contributed by atoms with Crippen LogP contribution in [-0.2, 0) is 10.0 Å². The van der Waals surface area contributed by atoms with Gasteiger partial charge < -0.3 is 0 Å². The maximum Gasteiger partial charge on any atom is 0.250 e. The zero-order valence-electron chi connectivity index (χ0n) is 13.1. The number of halogens is 1. The Hall–Kier alpha value is -2.03. The van der Waals surface area contributed by atoms with Crippen LogP contribution in [0.3, 0.4) is 0 Å². The molecule has 5 nitrogen and oxygen atoms in total. The monoisotopic (exact) mass is 365 g/mol. The molecule has 0 spiro atoms. The molecular formula is C16H16FN3O2S2. The Labute approximate surface area is 143 Å². The van der Waals surface area contributed by atoms with Gasteiger partial charge in [-0.2, -0.15) is 5.10 Å². The highest BCUT2D eigenvalue weighted by atomic mass is 32.2. The summed E-state index contributed by atoms with van der Waals surface area (Å²) in [6.45, 7) is 3.62. The summed E-state index contributed by atoms with van der Waals surface area (Å²) in [7, 11) is -3.56. The number of benzene rings is 1. The number of nitrogens with zero attached hydrogens (tertiary/aromatic N) is 2. The average Bonchev–Trinajstić information content (AvgIpc) is 3.18. The van der Waals surface area contributed by atoms with Gasteiger partial charge in [-0.05, 0) is 49.6 Å². The summed E-state index contributed by atoms with van der Waals surface area (Å²) in [4.78, 5) is 0. The lowest BCUT2D eigenvalue weighted by molar-refractivity contribution is 0.568. The molecule has 0 radical (unpaired) electrons. The summed E-state index contributed by atoms with van der Waals surface area (Å²) in [5.41, 5.74) is 2.27. The summed E-state index contributed by atoms with van der Waals surface area (Å²) in [6.07, 6.45) is 1.63. The Morgan fingerprint density at radius 1 is 1.25 bits per heavy atom. The number of rotatable bonds is 5. The van der Waals surface area contributed by atoms with E-state index >= 15 is 0 Å². The normalized spacial score (nSPS) is 13.1. The number of nitrogens with one attached hydrogen (secondary N) is 1. The van der Waals surface area contributed by atoms with Crippen LogP contribution in [0.1, 0.15) is 24.2 Å². The minimum atomic E-state index is -3.56. The molecule has 2 heterocycles. The Bertz CT molecular complexity index is 932. The Morgan fingerprint density at radius 2 is 1.96 bits per heavy atom. The fraction of sp³-hybridized carbons (Fsp3) is 0.188. The topological polar surface area (TPSA) is 64.0 Å². The SMILES string of the molecule is Cc1c(C(C)NS(=O)(=O)c2cccs2)cnn1-c1ccc(F)cc1. The van der Waals surface area contributed by atoms with Crippen LogP contribution in [0.2, 0.25) is 0 Å². The van der Waals surface area contributed by atoms with Gasteiger partial charge in [-0.3, -0.25) is 0 Å². The molecule has 1 unspecified atom stereocenters. The second-order valence-electron chi connectivity index (χ2n) is 5.35. The van der Waals surface area contributed by atoms with E-state index in [9.17, 15) is 12.8 Å². The van der Waals surface area contributed by atoms with Crippen molar-refractivity contribution in [2.24, 2.45) is 0 Å². The van der Waals surface area contributed by atoms with Gasteiger partial charge in [0.2, 0.25) is 0 Å². The van der Waals surface area contributed by atoms with Gasteiger partial charge in [0, 0.05) is 17.3 Å². The molecule has 3 rings (SSSR count). The largest absolute Gasteiger partial charge is 0.250 e. The Balaban J connectivity index is 1.87. The van der Waals surface area contributed by atoms with Gasteiger partial charge in [-0.25, -0.2) is 22.2 Å². The Morgan fingerprint density at radius 3 is 2.58 bits per heavy atom. The van der Waals surface area contributed by atoms with Gasteiger partial charge in [0.15, 0.2) is 0 Å². The number of aromatic nitrogens is 2. The number of hydrogen-bond donors (Lipinski definition) is 1. The molecule has 0 aliphatic carbocycles. The summed E-state index contributed by atoms with van der Waals surface area (Å²) in [6, 6.07) is 8.79. The summed E-state index contributed by atoms with van der Waals surface area (Å²) in [5.74, 6) is -0.319. The molecule has 0 saturated heterocycles. The third kappa shape index (κ3) is 3.26. The lowest BCUT2D eigenvalue weighted by atomic mass is 10.1. The van der Waals surface area contributed by atoms with Gasteiger partial charge in [0.05, 0.1) is 11.9 Å². The number of thiophene rings is 1. The molecule has 0 aliphatic rings. The van der Waals surface area contributed by atoms with Gasteiger partial charge in [-0.1, -0.05) is 6.07 Å². The quantitative estimate of drug-likeness (QED) is 0.753. The maximum atomic E-state index is 13.1. The number of hydrogen-bond acceptors (Lipinski definition) is 4. The van der Waals surface area contributed by atoms with Gasteiger partial charge in [0.1, 0.15) is 10.0 Å².